The Hall–Kier alpha value is -3.64. The largest absolute Gasteiger partial charge is 0.503 e. The van der Waals surface area contributed by atoms with Gasteiger partial charge in [-0.3, -0.25) is 9.59 Å². The molecule has 0 saturated carbocycles. The zero-order valence-corrected chi connectivity index (χ0v) is 34.1. The molecule has 2 amide bonds. The lowest BCUT2D eigenvalue weighted by Gasteiger charge is -2.16. The molecule has 8 bridgehead atoms. The monoisotopic (exact) mass is 1010 g/mol. The van der Waals surface area contributed by atoms with Gasteiger partial charge in [-0.05, 0) is 157 Å². The van der Waals surface area contributed by atoms with E-state index in [1.807, 2.05) is 6.07 Å². The smallest absolute Gasteiger partial charge is 0.269 e. The van der Waals surface area contributed by atoms with Crippen LogP contribution in [0.15, 0.2) is 87.3 Å². The number of benzene rings is 4. The van der Waals surface area contributed by atoms with Crippen molar-refractivity contribution in [1.29, 1.82) is 0 Å². The molecule has 0 aromatic heterocycles. The summed E-state index contributed by atoms with van der Waals surface area (Å²) >= 11 is 17.2. The molecule has 0 saturated heterocycles. The molecule has 0 spiro atoms. The first kappa shape index (κ1) is 38.6. The van der Waals surface area contributed by atoms with Crippen LogP contribution in [0.25, 0.3) is 0 Å². The molecule has 4 aliphatic heterocycles. The average Bonchev–Trinajstić information content (AvgIpc) is 3.09. The van der Waals surface area contributed by atoms with Gasteiger partial charge in [0.2, 0.25) is 0 Å². The van der Waals surface area contributed by atoms with Gasteiger partial charge in [-0.15, -0.1) is 0 Å². The van der Waals surface area contributed by atoms with Crippen LogP contribution in [0.4, 0.5) is 0 Å². The summed E-state index contributed by atoms with van der Waals surface area (Å²) in [4.78, 5) is 26.0. The fourth-order valence-corrected chi connectivity index (χ4v) is 7.82. The number of carbonyl (C=O) groups excluding carboxylic acids is 2. The first-order valence-corrected chi connectivity index (χ1v) is 19.0. The van der Waals surface area contributed by atoms with E-state index < -0.39 is 11.8 Å². The van der Waals surface area contributed by atoms with Gasteiger partial charge >= 0.3 is 0 Å². The Bertz CT molecular complexity index is 2050. The maximum atomic E-state index is 13.0. The minimum absolute atomic E-state index is 0.0223. The topological polar surface area (TPSA) is 182 Å². The van der Waals surface area contributed by atoms with E-state index in [4.69, 9.17) is 9.47 Å². The summed E-state index contributed by atoms with van der Waals surface area (Å²) in [7, 11) is 0. The molecule has 0 radical (unpaired) electrons. The summed E-state index contributed by atoms with van der Waals surface area (Å²) in [6.45, 7) is 0.377. The number of rotatable bonds is 0. The molecule has 4 aromatic carbocycles. The molecule has 4 aromatic rings. The molecule has 51 heavy (non-hydrogen) atoms. The van der Waals surface area contributed by atoms with Crippen LogP contribution in [0.2, 0.25) is 0 Å². The molecule has 6 N–H and O–H groups in total. The third kappa shape index (κ3) is 9.43. The highest BCUT2D eigenvalue weighted by atomic mass is 79.9. The molecule has 0 fully saturated rings. The number of halogens is 5. The van der Waals surface area contributed by atoms with Gasteiger partial charge in [0.15, 0.2) is 28.7 Å². The highest BCUT2D eigenvalue weighted by Gasteiger charge is 2.21. The number of hydrogen-bond acceptors (Lipinski definition) is 10. The van der Waals surface area contributed by atoms with E-state index in [2.05, 4.69) is 101 Å². The molecule has 17 heteroatoms. The molecule has 8 rings (SSSR count). The molecule has 12 nitrogen and oxygen atoms in total. The Balaban J connectivity index is 1.48. The molecule has 4 heterocycles. The van der Waals surface area contributed by atoms with Crippen molar-refractivity contribution in [1.82, 2.24) is 10.6 Å². The molecular formula is C34H27Br5N4O8. The number of carbonyl (C=O) groups is 2. The minimum atomic E-state index is -0.622. The van der Waals surface area contributed by atoms with Crippen molar-refractivity contribution < 1.29 is 39.7 Å². The highest BCUT2D eigenvalue weighted by Crippen LogP contribution is 2.44. The van der Waals surface area contributed by atoms with E-state index in [0.717, 1.165) is 5.56 Å². The van der Waals surface area contributed by atoms with E-state index in [9.17, 15) is 30.2 Å². The van der Waals surface area contributed by atoms with Crippen molar-refractivity contribution >= 4 is 103 Å². The summed E-state index contributed by atoms with van der Waals surface area (Å²) in [5.74, 6) is -0.614. The Labute approximate surface area is 333 Å². The minimum Gasteiger partial charge on any atom is -0.503 e. The lowest BCUT2D eigenvalue weighted by molar-refractivity contribution is -0.115. The van der Waals surface area contributed by atoms with Crippen LogP contribution in [0, 0.1) is 0 Å². The lowest BCUT2D eigenvalue weighted by Crippen LogP contribution is -2.33. The Kier molecular flexibility index (Phi) is 13.1. The molecule has 266 valence electrons. The Morgan fingerprint density at radius 1 is 0.588 bits per heavy atom. The van der Waals surface area contributed by atoms with Gasteiger partial charge in [0.25, 0.3) is 11.8 Å². The molecule has 0 aliphatic carbocycles. The second-order valence-corrected chi connectivity index (χ2v) is 15.3. The normalized spacial score (nSPS) is 16.2. The van der Waals surface area contributed by atoms with Gasteiger partial charge in [0, 0.05) is 25.9 Å². The molecule has 0 atom stereocenters. The van der Waals surface area contributed by atoms with Crippen LogP contribution in [0.1, 0.15) is 22.3 Å². The van der Waals surface area contributed by atoms with E-state index in [1.165, 1.54) is 6.07 Å². The van der Waals surface area contributed by atoms with Crippen molar-refractivity contribution in [2.75, 3.05) is 13.1 Å². The van der Waals surface area contributed by atoms with Crippen LogP contribution in [0.3, 0.4) is 0 Å². The van der Waals surface area contributed by atoms with Crippen LogP contribution in [-0.4, -0.2) is 57.0 Å². The third-order valence-electron chi connectivity index (χ3n) is 7.62. The zero-order valence-electron chi connectivity index (χ0n) is 26.1. The molecular weight excluding hydrogens is 992 g/mol. The quantitative estimate of drug-likeness (QED) is 0.0752. The van der Waals surface area contributed by atoms with E-state index in [1.54, 1.807) is 42.5 Å². The van der Waals surface area contributed by atoms with Gasteiger partial charge < -0.3 is 40.7 Å². The van der Waals surface area contributed by atoms with Gasteiger partial charge in [0.1, 0.15) is 17.2 Å². The maximum absolute atomic E-state index is 13.0. The van der Waals surface area contributed by atoms with E-state index in [0.29, 0.717) is 53.2 Å². The number of nitrogens with one attached hydrogen (secondary N) is 2. The maximum Gasteiger partial charge on any atom is 0.269 e. The number of phenols is 2. The van der Waals surface area contributed by atoms with Crippen molar-refractivity contribution in [2.45, 2.75) is 25.7 Å². The summed E-state index contributed by atoms with van der Waals surface area (Å²) in [5.41, 5.74) is 2.27. The van der Waals surface area contributed by atoms with Gasteiger partial charge in [0.05, 0.1) is 22.4 Å². The Morgan fingerprint density at radius 3 is 1.78 bits per heavy atom. The van der Waals surface area contributed by atoms with E-state index >= 15 is 0 Å². The standard InChI is InChI=1S/C34H27Br5N4O8/c35-20-3-1-16-5-7-40-33(46)24(42-48)12-17-10-22(37)32(23(38)11-17)51-28-15-18(9-21(36)30(28)44)13-25(43-49)34(47)41-8-6-19-2-4-26(31(45)29(19)39)50-27(20)14-16/h1-4,9-11,14-15,44-45,48-49H,5-8,12-13H2,(H,40,46)(H,41,47)/b42-24-,43-25+. The van der Waals surface area contributed by atoms with E-state index in [-0.39, 0.29) is 70.6 Å². The lowest BCUT2D eigenvalue weighted by atomic mass is 10.1. The Morgan fingerprint density at radius 2 is 1.16 bits per heavy atom. The first-order chi connectivity index (χ1) is 24.4. The second-order valence-electron chi connectivity index (χ2n) is 11.1. The van der Waals surface area contributed by atoms with Crippen LogP contribution in [-0.2, 0) is 35.3 Å². The summed E-state index contributed by atoms with van der Waals surface area (Å²) < 4.78 is 14.3. The number of ether oxygens (including phenoxy) is 2. The predicted molar refractivity (Wildman–Crippen MR) is 207 cm³/mol. The predicted octanol–water partition coefficient (Wildman–Crippen LogP) is 8.27. The molecule has 4 aliphatic rings. The van der Waals surface area contributed by atoms with Crippen LogP contribution >= 0.6 is 79.6 Å². The highest BCUT2D eigenvalue weighted by molar-refractivity contribution is 9.11. The summed E-state index contributed by atoms with van der Waals surface area (Å²) in [6, 6.07) is 15.2. The average molecular weight is 1020 g/mol. The number of nitrogens with zero attached hydrogens (tertiary/aromatic N) is 2. The van der Waals surface area contributed by atoms with Crippen molar-refractivity contribution in [3.8, 4) is 34.5 Å². The fourth-order valence-electron chi connectivity index (χ4n) is 5.04. The summed E-state index contributed by atoms with van der Waals surface area (Å²) in [6.07, 6.45) is 0.602. The van der Waals surface area contributed by atoms with Crippen molar-refractivity contribution in [2.24, 2.45) is 10.3 Å². The fraction of sp³-hybridized carbons (Fsp3) is 0.176. The third-order valence-corrected chi connectivity index (χ3v) is 10.9. The SMILES string of the molecule is O=C1NCCc2ccc(Br)c(c2)Oc2ccc(c(Br)c2O)CCNC(=O)/C(=N/O)Cc2cc(Br)c(O)c(c2)Oc2c(Br)cc(cc2Br)C/C1=N/O. The van der Waals surface area contributed by atoms with Gasteiger partial charge in [-0.25, -0.2) is 0 Å². The molecule has 0 unspecified atom stereocenters. The van der Waals surface area contributed by atoms with Gasteiger partial charge in [-0.2, -0.15) is 0 Å². The second kappa shape index (κ2) is 17.3. The number of oxime groups is 2. The van der Waals surface area contributed by atoms with Crippen LogP contribution in [0.5, 0.6) is 34.5 Å². The number of aromatic hydroxyl groups is 2. The first-order valence-electron chi connectivity index (χ1n) is 15.0. The van der Waals surface area contributed by atoms with Gasteiger partial charge in [-0.1, -0.05) is 22.4 Å². The zero-order chi connectivity index (χ0) is 36.8. The number of amides is 2. The number of phenolic OH excluding ortho intramolecular Hbond substituents is 2. The van der Waals surface area contributed by atoms with Crippen molar-refractivity contribution in [3.63, 3.8) is 0 Å². The summed E-state index contributed by atoms with van der Waals surface area (Å²) in [5, 5.41) is 53.1. The van der Waals surface area contributed by atoms with Crippen LogP contribution < -0.4 is 20.1 Å². The van der Waals surface area contributed by atoms with Crippen molar-refractivity contribution in [3.05, 3.63) is 99.2 Å². The number of hydrogen-bond donors (Lipinski definition) is 6.